The summed E-state index contributed by atoms with van der Waals surface area (Å²) in [5, 5.41) is 1.51. The van der Waals surface area contributed by atoms with Gasteiger partial charge >= 0.3 is 0 Å². The number of hydrogen-bond donors (Lipinski definition) is 0. The fourth-order valence-electron chi connectivity index (χ4n) is 1.78. The predicted molar refractivity (Wildman–Crippen MR) is 131 cm³/mol. The number of halogens is 2. The molecule has 6 heteroatoms. The van der Waals surface area contributed by atoms with Gasteiger partial charge in [0.2, 0.25) is 0 Å². The highest BCUT2D eigenvalue weighted by molar-refractivity contribution is 7.99. The van der Waals surface area contributed by atoms with Gasteiger partial charge in [0.05, 0.1) is 0 Å². The monoisotopic (exact) mass is 470 g/mol. The van der Waals surface area contributed by atoms with Gasteiger partial charge in [-0.2, -0.15) is 0 Å². The van der Waals surface area contributed by atoms with Crippen molar-refractivity contribution in [2.75, 3.05) is 11.5 Å². The molecule has 0 fully saturated rings. The average Bonchev–Trinajstić information content (AvgIpc) is 2.73. The Morgan fingerprint density at radius 2 is 1.24 bits per heavy atom. The highest BCUT2D eigenvalue weighted by Crippen LogP contribution is 2.21. The van der Waals surface area contributed by atoms with Crippen LogP contribution in [0.2, 0.25) is 10.0 Å². The fourth-order valence-corrected chi connectivity index (χ4v) is 3.63. The van der Waals surface area contributed by atoms with Gasteiger partial charge in [-0.25, -0.2) is 0 Å². The number of carbonyl (C=O) groups is 2. The minimum atomic E-state index is 0.103. The molecule has 2 nitrogen and oxygen atoms in total. The minimum Gasteiger partial charge on any atom is -0.303 e. The first-order valence-corrected chi connectivity index (χ1v) is 12.1. The number of ketones is 1. The second kappa shape index (κ2) is 18.8. The first-order chi connectivity index (χ1) is 14.0. The van der Waals surface area contributed by atoms with Crippen LogP contribution in [0.15, 0.2) is 70.5 Å². The van der Waals surface area contributed by atoms with Crippen molar-refractivity contribution < 1.29 is 9.59 Å². The maximum absolute atomic E-state index is 10.6. The lowest BCUT2D eigenvalue weighted by atomic mass is 10.3. The molecule has 0 aromatic heterocycles. The van der Waals surface area contributed by atoms with Crippen LogP contribution in [-0.2, 0) is 9.59 Å². The lowest BCUT2D eigenvalue weighted by Gasteiger charge is -1.98. The van der Waals surface area contributed by atoms with E-state index in [1.807, 2.05) is 68.5 Å². The Hall–Kier alpha value is -1.20. The molecule has 0 aliphatic heterocycles. The molecule has 29 heavy (non-hydrogen) atoms. The van der Waals surface area contributed by atoms with E-state index in [2.05, 4.69) is 0 Å². The van der Waals surface area contributed by atoms with Crippen LogP contribution < -0.4 is 0 Å². The van der Waals surface area contributed by atoms with E-state index in [1.165, 1.54) is 4.90 Å². The van der Waals surface area contributed by atoms with Gasteiger partial charge < -0.3 is 4.79 Å². The van der Waals surface area contributed by atoms with Gasteiger partial charge in [-0.05, 0) is 68.0 Å². The maximum atomic E-state index is 10.6. The number of aldehydes is 1. The number of carbonyl (C=O) groups excluding carboxylic acids is 2. The van der Waals surface area contributed by atoms with Gasteiger partial charge in [-0.3, -0.25) is 4.79 Å². The van der Waals surface area contributed by atoms with Crippen molar-refractivity contribution in [1.82, 2.24) is 0 Å². The Morgan fingerprint density at radius 1 is 0.828 bits per heavy atom. The number of allylic oxidation sites excluding steroid dienone is 2. The summed E-state index contributed by atoms with van der Waals surface area (Å²) in [4.78, 5) is 23.0. The third-order valence-corrected chi connectivity index (χ3v) is 5.63. The molecule has 0 saturated heterocycles. The molecule has 0 saturated carbocycles. The molecule has 0 radical (unpaired) electrons. The summed E-state index contributed by atoms with van der Waals surface area (Å²) in [6.45, 7) is 5.56. The standard InChI is InChI=1S/C12H13ClOS.C9H9ClOS.C2H6/c1-10(14)4-2-3-9-15-12-7-5-11(13)6-8-12;10-8-2-4-9(5-3-8)12-7-1-6-11;1-2/h2,4-8H,3,9H2,1H3;2-6H,1,7H2;1-2H3/b4-2+;;. The molecule has 0 atom stereocenters. The summed E-state index contributed by atoms with van der Waals surface area (Å²) < 4.78 is 0. The Balaban J connectivity index is 0.000000508. The van der Waals surface area contributed by atoms with Crippen LogP contribution in [0, 0.1) is 0 Å². The van der Waals surface area contributed by atoms with Crippen LogP contribution in [-0.4, -0.2) is 23.6 Å². The third-order valence-electron chi connectivity index (χ3n) is 3.04. The van der Waals surface area contributed by atoms with E-state index >= 15 is 0 Å². The highest BCUT2D eigenvalue weighted by Gasteiger charge is 1.93. The van der Waals surface area contributed by atoms with Crippen LogP contribution in [0.1, 0.15) is 33.6 Å². The normalized spacial score (nSPS) is 9.83. The molecule has 0 N–H and O–H groups in total. The number of hydrogen-bond acceptors (Lipinski definition) is 4. The van der Waals surface area contributed by atoms with E-state index in [4.69, 9.17) is 23.2 Å². The largest absolute Gasteiger partial charge is 0.303 e. The van der Waals surface area contributed by atoms with E-state index in [-0.39, 0.29) is 5.78 Å². The SMILES string of the molecule is CC.CC(=O)/C=C/CCSc1ccc(Cl)cc1.O=CCCSc1ccc(Cl)cc1. The number of rotatable bonds is 9. The average molecular weight is 472 g/mol. The van der Waals surface area contributed by atoms with E-state index in [9.17, 15) is 9.59 Å². The van der Waals surface area contributed by atoms with Gasteiger partial charge in [0.1, 0.15) is 6.29 Å². The van der Waals surface area contributed by atoms with Crippen molar-refractivity contribution in [2.45, 2.75) is 43.4 Å². The Morgan fingerprint density at radius 3 is 1.62 bits per heavy atom. The van der Waals surface area contributed by atoms with Gasteiger partial charge in [0.25, 0.3) is 0 Å². The molecule has 2 aromatic carbocycles. The van der Waals surface area contributed by atoms with Crippen LogP contribution in [0.4, 0.5) is 0 Å². The molecule has 0 aliphatic rings. The molecule has 0 unspecified atom stereocenters. The molecule has 158 valence electrons. The molecule has 0 bridgehead atoms. The lowest BCUT2D eigenvalue weighted by Crippen LogP contribution is -1.81. The topological polar surface area (TPSA) is 34.1 Å². The fraction of sp³-hybridized carbons (Fsp3) is 0.304. The van der Waals surface area contributed by atoms with E-state index < -0.39 is 0 Å². The van der Waals surface area contributed by atoms with Gasteiger partial charge in [0, 0.05) is 37.8 Å². The first-order valence-electron chi connectivity index (χ1n) is 9.38. The van der Waals surface area contributed by atoms with Gasteiger partial charge in [-0.1, -0.05) is 43.1 Å². The van der Waals surface area contributed by atoms with Crippen LogP contribution in [0.3, 0.4) is 0 Å². The third kappa shape index (κ3) is 16.3. The van der Waals surface area contributed by atoms with Crippen molar-refractivity contribution in [3.8, 4) is 0 Å². The Bertz CT molecular complexity index is 715. The summed E-state index contributed by atoms with van der Waals surface area (Å²) in [5.74, 6) is 1.92. The van der Waals surface area contributed by atoms with Crippen molar-refractivity contribution >= 4 is 58.8 Å². The summed E-state index contributed by atoms with van der Waals surface area (Å²) in [5.41, 5.74) is 0. The molecular weight excluding hydrogens is 443 g/mol. The first kappa shape index (κ1) is 27.8. The van der Waals surface area contributed by atoms with Crippen LogP contribution >= 0.6 is 46.7 Å². The molecule has 0 amide bonds. The van der Waals surface area contributed by atoms with E-state index in [0.717, 1.165) is 39.2 Å². The zero-order valence-electron chi connectivity index (χ0n) is 17.1. The summed E-state index contributed by atoms with van der Waals surface area (Å²) in [6, 6.07) is 15.4. The quantitative estimate of drug-likeness (QED) is 0.161. The summed E-state index contributed by atoms with van der Waals surface area (Å²) >= 11 is 14.9. The highest BCUT2D eigenvalue weighted by atomic mass is 35.5. The second-order valence-electron chi connectivity index (χ2n) is 5.36. The van der Waals surface area contributed by atoms with Gasteiger partial charge in [0.15, 0.2) is 5.78 Å². The second-order valence-corrected chi connectivity index (χ2v) is 8.57. The molecule has 0 heterocycles. The van der Waals surface area contributed by atoms with Crippen molar-refractivity contribution in [3.05, 3.63) is 70.7 Å². The summed E-state index contributed by atoms with van der Waals surface area (Å²) in [6.07, 6.45) is 5.97. The molecule has 2 aromatic rings. The zero-order chi connectivity index (χ0) is 21.9. The maximum Gasteiger partial charge on any atom is 0.152 e. The van der Waals surface area contributed by atoms with Crippen LogP contribution in [0.5, 0.6) is 0 Å². The Kier molecular flexibility index (Phi) is 18.0. The molecule has 0 aliphatic carbocycles. The predicted octanol–water partition coefficient (Wildman–Crippen LogP) is 8.01. The zero-order valence-corrected chi connectivity index (χ0v) is 20.2. The van der Waals surface area contributed by atoms with Crippen molar-refractivity contribution in [3.63, 3.8) is 0 Å². The Labute approximate surface area is 193 Å². The molecular formula is C23H28Cl2O2S2. The van der Waals surface area contributed by atoms with Crippen molar-refractivity contribution in [2.24, 2.45) is 0 Å². The molecule has 2 rings (SSSR count). The van der Waals surface area contributed by atoms with Crippen LogP contribution in [0.25, 0.3) is 0 Å². The van der Waals surface area contributed by atoms with E-state index in [1.54, 1.807) is 36.5 Å². The minimum absolute atomic E-state index is 0.103. The smallest absolute Gasteiger partial charge is 0.152 e. The van der Waals surface area contributed by atoms with Crippen molar-refractivity contribution in [1.29, 1.82) is 0 Å². The number of benzene rings is 2. The van der Waals surface area contributed by atoms with E-state index in [0.29, 0.717) is 6.42 Å². The molecule has 0 spiro atoms. The lowest BCUT2D eigenvalue weighted by molar-refractivity contribution is -0.112. The number of thioether (sulfide) groups is 2. The summed E-state index contributed by atoms with van der Waals surface area (Å²) in [7, 11) is 0. The van der Waals surface area contributed by atoms with Gasteiger partial charge in [-0.15, -0.1) is 23.5 Å².